The average Bonchev–Trinajstić information content (AvgIpc) is 3.65. The summed E-state index contributed by atoms with van der Waals surface area (Å²) in [6, 6.07) is 86.9. The highest BCUT2D eigenvalue weighted by atomic mass is 16.5. The van der Waals surface area contributed by atoms with Crippen molar-refractivity contribution < 1.29 is 4.74 Å². The van der Waals surface area contributed by atoms with Crippen LogP contribution in [0.2, 0.25) is 0 Å². The minimum absolute atomic E-state index is 0.168. The predicted octanol–water partition coefficient (Wildman–Crippen LogP) is 15.7. The first-order valence-electron chi connectivity index (χ1n) is 21.7. The molecule has 1 unspecified atom stereocenters. The van der Waals surface area contributed by atoms with Crippen LogP contribution in [-0.2, 0) is 11.8 Å². The predicted molar refractivity (Wildman–Crippen MR) is 256 cm³/mol. The molecular formula is C61H42O. The summed E-state index contributed by atoms with van der Waals surface area (Å²) in [4.78, 5) is 0. The van der Waals surface area contributed by atoms with Crippen LogP contribution < -0.4 is 4.74 Å². The van der Waals surface area contributed by atoms with E-state index < -0.39 is 5.41 Å². The van der Waals surface area contributed by atoms with Crippen molar-refractivity contribution in [3.05, 3.63) is 276 Å². The number of hydrogen-bond donors (Lipinski definition) is 0. The van der Waals surface area contributed by atoms with Crippen LogP contribution in [0.3, 0.4) is 0 Å². The lowest BCUT2D eigenvalue weighted by Gasteiger charge is -2.39. The molecule has 0 saturated carbocycles. The Morgan fingerprint density at radius 3 is 1.45 bits per heavy atom. The van der Waals surface area contributed by atoms with Gasteiger partial charge >= 0.3 is 0 Å². The van der Waals surface area contributed by atoms with Gasteiger partial charge in [0.15, 0.2) is 0 Å². The minimum atomic E-state index is -0.539. The molecule has 0 bridgehead atoms. The molecule has 1 nitrogen and oxygen atoms in total. The van der Waals surface area contributed by atoms with E-state index in [0.717, 1.165) is 17.9 Å². The standard InChI is InChI=1S/C61H42O/c1-3-14-42(15-4-1)44-28-26-41(27-29-44)40-52(48-32-30-45(31-33-48)43-16-5-2-6-17-43)49-36-34-47(35-37-49)51-20-13-23-55-59(51)60-50-19-8-7-18-46(50)38-39-56(60)61(55)53-21-9-11-24-57(53)62-58-25-12-10-22-54(58)61/h1-39,52H,40H2. The Kier molecular flexibility index (Phi) is 8.61. The van der Waals surface area contributed by atoms with Crippen LogP contribution in [0, 0.1) is 0 Å². The largest absolute Gasteiger partial charge is 0.457 e. The molecule has 62 heavy (non-hydrogen) atoms. The molecule has 1 aliphatic heterocycles. The third kappa shape index (κ3) is 5.77. The number of fused-ring (bicyclic) bond motifs is 11. The van der Waals surface area contributed by atoms with Gasteiger partial charge in [-0.15, -0.1) is 0 Å². The van der Waals surface area contributed by atoms with Crippen LogP contribution in [0.1, 0.15) is 44.9 Å². The Balaban J connectivity index is 0.997. The Labute approximate surface area is 363 Å². The van der Waals surface area contributed by atoms with Crippen molar-refractivity contribution in [2.24, 2.45) is 0 Å². The second-order valence-corrected chi connectivity index (χ2v) is 16.7. The minimum Gasteiger partial charge on any atom is -0.457 e. The summed E-state index contributed by atoms with van der Waals surface area (Å²) in [6.45, 7) is 0. The molecule has 292 valence electrons. The normalized spacial score (nSPS) is 13.4. The van der Waals surface area contributed by atoms with E-state index in [2.05, 4.69) is 237 Å². The van der Waals surface area contributed by atoms with Crippen LogP contribution in [0.5, 0.6) is 11.5 Å². The number of para-hydroxylation sites is 2. The molecule has 1 heteroatoms. The Morgan fingerprint density at radius 1 is 0.339 bits per heavy atom. The van der Waals surface area contributed by atoms with E-state index in [-0.39, 0.29) is 5.92 Å². The topological polar surface area (TPSA) is 9.23 Å². The maximum absolute atomic E-state index is 6.67. The molecule has 2 aliphatic rings. The number of hydrogen-bond acceptors (Lipinski definition) is 1. The van der Waals surface area contributed by atoms with E-state index in [0.29, 0.717) is 0 Å². The molecule has 1 atom stereocenters. The third-order valence-corrected chi connectivity index (χ3v) is 13.4. The molecule has 1 aliphatic carbocycles. The van der Waals surface area contributed by atoms with Gasteiger partial charge in [0.2, 0.25) is 0 Å². The molecule has 0 fully saturated rings. The number of rotatable bonds is 7. The highest BCUT2D eigenvalue weighted by Gasteiger charge is 2.52. The molecule has 0 amide bonds. The van der Waals surface area contributed by atoms with Gasteiger partial charge in [-0.3, -0.25) is 0 Å². The fourth-order valence-corrected chi connectivity index (χ4v) is 10.5. The molecule has 0 saturated heterocycles. The van der Waals surface area contributed by atoms with Crippen molar-refractivity contribution >= 4 is 10.8 Å². The lowest BCUT2D eigenvalue weighted by atomic mass is 9.66. The summed E-state index contributed by atoms with van der Waals surface area (Å²) in [5, 5.41) is 2.51. The zero-order valence-electron chi connectivity index (χ0n) is 34.2. The van der Waals surface area contributed by atoms with Crippen LogP contribution in [0.25, 0.3) is 55.3 Å². The highest BCUT2D eigenvalue weighted by molar-refractivity contribution is 6.08. The van der Waals surface area contributed by atoms with Crippen LogP contribution in [0.4, 0.5) is 0 Å². The van der Waals surface area contributed by atoms with Crippen molar-refractivity contribution in [2.75, 3.05) is 0 Å². The summed E-state index contributed by atoms with van der Waals surface area (Å²) in [5.74, 6) is 1.98. The first-order chi connectivity index (χ1) is 30.7. The van der Waals surface area contributed by atoms with Crippen LogP contribution in [0.15, 0.2) is 237 Å². The Hall–Kier alpha value is -7.74. The van der Waals surface area contributed by atoms with Crippen molar-refractivity contribution in [2.45, 2.75) is 17.8 Å². The smallest absolute Gasteiger partial charge is 0.132 e. The number of ether oxygens (including phenoxy) is 1. The van der Waals surface area contributed by atoms with Crippen molar-refractivity contribution in [1.82, 2.24) is 0 Å². The molecule has 1 heterocycles. The van der Waals surface area contributed by atoms with E-state index in [1.165, 1.54) is 94.2 Å². The fourth-order valence-electron chi connectivity index (χ4n) is 10.5. The zero-order chi connectivity index (χ0) is 41.0. The first-order valence-corrected chi connectivity index (χ1v) is 21.7. The second-order valence-electron chi connectivity index (χ2n) is 16.7. The van der Waals surface area contributed by atoms with Gasteiger partial charge < -0.3 is 4.74 Å². The maximum Gasteiger partial charge on any atom is 0.132 e. The van der Waals surface area contributed by atoms with Gasteiger partial charge in [0.25, 0.3) is 0 Å². The summed E-state index contributed by atoms with van der Waals surface area (Å²) < 4.78 is 6.67. The molecule has 10 aromatic rings. The molecule has 1 spiro atoms. The SMILES string of the molecule is c1ccc(-c2ccc(CC(c3ccc(-c4ccccc4)cc3)c3ccc(-c4cccc5c4-c4c(ccc6ccccc46)C54c5ccccc5Oc5ccccc54)cc3)cc2)cc1. The van der Waals surface area contributed by atoms with Crippen LogP contribution >= 0.6 is 0 Å². The second kappa shape index (κ2) is 14.8. The monoisotopic (exact) mass is 790 g/mol. The van der Waals surface area contributed by atoms with E-state index >= 15 is 0 Å². The summed E-state index contributed by atoms with van der Waals surface area (Å²) in [6.07, 6.45) is 0.891. The molecule has 0 aromatic heterocycles. The van der Waals surface area contributed by atoms with E-state index in [4.69, 9.17) is 4.74 Å². The van der Waals surface area contributed by atoms with Crippen molar-refractivity contribution in [3.8, 4) is 56.0 Å². The Bertz CT molecular complexity index is 3210. The fraction of sp³-hybridized carbons (Fsp3) is 0.0492. The lowest BCUT2D eigenvalue weighted by Crippen LogP contribution is -2.32. The molecule has 12 rings (SSSR count). The third-order valence-electron chi connectivity index (χ3n) is 13.4. The molecule has 0 radical (unpaired) electrons. The Morgan fingerprint density at radius 2 is 0.823 bits per heavy atom. The molecular weight excluding hydrogens is 749 g/mol. The maximum atomic E-state index is 6.67. The van der Waals surface area contributed by atoms with Gasteiger partial charge in [-0.25, -0.2) is 0 Å². The van der Waals surface area contributed by atoms with Gasteiger partial charge in [0.05, 0.1) is 5.41 Å². The van der Waals surface area contributed by atoms with Gasteiger partial charge in [0, 0.05) is 17.0 Å². The number of benzene rings is 10. The zero-order valence-corrected chi connectivity index (χ0v) is 34.2. The van der Waals surface area contributed by atoms with Crippen molar-refractivity contribution in [1.29, 1.82) is 0 Å². The van der Waals surface area contributed by atoms with Gasteiger partial charge in [-0.05, 0) is 102 Å². The lowest BCUT2D eigenvalue weighted by molar-refractivity contribution is 0.436. The van der Waals surface area contributed by atoms with Gasteiger partial charge in [-0.1, -0.05) is 224 Å². The molecule has 10 aromatic carbocycles. The molecule has 0 N–H and O–H groups in total. The van der Waals surface area contributed by atoms with Crippen LogP contribution in [-0.4, -0.2) is 0 Å². The van der Waals surface area contributed by atoms with E-state index in [1.54, 1.807) is 0 Å². The van der Waals surface area contributed by atoms with Crippen molar-refractivity contribution in [3.63, 3.8) is 0 Å². The van der Waals surface area contributed by atoms with E-state index in [1.807, 2.05) is 0 Å². The average molecular weight is 791 g/mol. The first kappa shape index (κ1) is 36.1. The van der Waals surface area contributed by atoms with Gasteiger partial charge in [0.1, 0.15) is 11.5 Å². The quantitative estimate of drug-likeness (QED) is 0.156. The van der Waals surface area contributed by atoms with E-state index in [9.17, 15) is 0 Å². The summed E-state index contributed by atoms with van der Waals surface area (Å²) in [5.41, 5.74) is 18.3. The summed E-state index contributed by atoms with van der Waals surface area (Å²) >= 11 is 0. The highest BCUT2D eigenvalue weighted by Crippen LogP contribution is 2.64. The summed E-state index contributed by atoms with van der Waals surface area (Å²) in [7, 11) is 0. The van der Waals surface area contributed by atoms with Gasteiger partial charge in [-0.2, -0.15) is 0 Å².